The Kier molecular flexibility index (Phi) is 6.37. The number of aryl methyl sites for hydroxylation is 1. The molecular formula is C16H20O7Si. The smallest absolute Gasteiger partial charge is 0.376 e. The highest BCUT2D eigenvalue weighted by Crippen LogP contribution is 2.25. The molecule has 0 saturated heterocycles. The van der Waals surface area contributed by atoms with Crippen molar-refractivity contribution in [3.05, 3.63) is 22.6 Å². The summed E-state index contributed by atoms with van der Waals surface area (Å²) in [5.74, 6) is -0.198. The van der Waals surface area contributed by atoms with Crippen LogP contribution < -0.4 is 0 Å². The van der Waals surface area contributed by atoms with Crippen LogP contribution in [0.3, 0.4) is 0 Å². The number of hydrogen-bond acceptors (Lipinski definition) is 7. The average Bonchev–Trinajstić information content (AvgIpc) is 2.86. The fraction of sp³-hybridized carbons (Fsp3) is 0.438. The van der Waals surface area contributed by atoms with E-state index in [0.717, 1.165) is 14.2 Å². The standard InChI is InChI=1S/C16H20O7Si/c1-10-11(14(17)20-2)12(15(18)21-3)13(23-10)16(19)22-8-7-9-24(4,5)6/h8H2,1-6H3. The van der Waals surface area contributed by atoms with Crippen LogP contribution in [0.1, 0.15) is 37.0 Å². The Morgan fingerprint density at radius 1 is 1.00 bits per heavy atom. The van der Waals surface area contributed by atoms with Gasteiger partial charge < -0.3 is 18.6 Å². The van der Waals surface area contributed by atoms with E-state index >= 15 is 0 Å². The fourth-order valence-electron chi connectivity index (χ4n) is 1.80. The number of furan rings is 1. The van der Waals surface area contributed by atoms with Gasteiger partial charge in [-0.15, -0.1) is 5.54 Å². The predicted molar refractivity (Wildman–Crippen MR) is 87.5 cm³/mol. The normalized spacial score (nSPS) is 10.4. The van der Waals surface area contributed by atoms with Crippen molar-refractivity contribution in [1.29, 1.82) is 0 Å². The molecule has 130 valence electrons. The minimum absolute atomic E-state index is 0.0578. The summed E-state index contributed by atoms with van der Waals surface area (Å²) in [4.78, 5) is 35.9. The molecule has 1 rings (SSSR count). The van der Waals surface area contributed by atoms with E-state index in [2.05, 4.69) is 40.6 Å². The first-order chi connectivity index (χ1) is 11.1. The lowest BCUT2D eigenvalue weighted by atomic mass is 10.1. The maximum Gasteiger partial charge on any atom is 0.376 e. The summed E-state index contributed by atoms with van der Waals surface area (Å²) in [6.07, 6.45) is 0. The SMILES string of the molecule is COC(=O)c1c(C)oc(C(=O)OCC#C[Si](C)(C)C)c1C(=O)OC. The van der Waals surface area contributed by atoms with E-state index in [1.807, 2.05) is 0 Å². The second kappa shape index (κ2) is 7.83. The van der Waals surface area contributed by atoms with Crippen molar-refractivity contribution in [2.75, 3.05) is 20.8 Å². The van der Waals surface area contributed by atoms with Gasteiger partial charge in [-0.1, -0.05) is 25.6 Å². The minimum atomic E-state index is -1.58. The van der Waals surface area contributed by atoms with Crippen molar-refractivity contribution < 1.29 is 33.0 Å². The molecular weight excluding hydrogens is 332 g/mol. The lowest BCUT2D eigenvalue weighted by Crippen LogP contribution is -2.17. The highest BCUT2D eigenvalue weighted by atomic mass is 28.3. The highest BCUT2D eigenvalue weighted by Gasteiger charge is 2.33. The molecule has 0 spiro atoms. The van der Waals surface area contributed by atoms with Gasteiger partial charge in [-0.3, -0.25) is 0 Å². The van der Waals surface area contributed by atoms with Crippen LogP contribution in [-0.2, 0) is 14.2 Å². The zero-order valence-electron chi connectivity index (χ0n) is 14.6. The predicted octanol–water partition coefficient (Wildman–Crippen LogP) is 2.20. The van der Waals surface area contributed by atoms with Crippen molar-refractivity contribution in [1.82, 2.24) is 0 Å². The number of carbonyl (C=O) groups is 3. The third-order valence-electron chi connectivity index (χ3n) is 2.79. The second-order valence-electron chi connectivity index (χ2n) is 5.85. The molecule has 24 heavy (non-hydrogen) atoms. The molecule has 0 fully saturated rings. The molecule has 0 aromatic carbocycles. The lowest BCUT2D eigenvalue weighted by Gasteiger charge is -2.04. The van der Waals surface area contributed by atoms with Gasteiger partial charge in [0.15, 0.2) is 6.61 Å². The molecule has 1 aromatic rings. The van der Waals surface area contributed by atoms with Gasteiger partial charge in [0.2, 0.25) is 5.76 Å². The highest BCUT2D eigenvalue weighted by molar-refractivity contribution is 6.83. The Balaban J connectivity index is 3.14. The first kappa shape index (κ1) is 19.5. The van der Waals surface area contributed by atoms with Crippen LogP contribution in [0, 0.1) is 18.4 Å². The molecule has 0 saturated carbocycles. The van der Waals surface area contributed by atoms with Crippen molar-refractivity contribution >= 4 is 26.0 Å². The molecule has 1 heterocycles. The molecule has 0 aliphatic rings. The summed E-state index contributed by atoms with van der Waals surface area (Å²) in [5, 5.41) is 0. The monoisotopic (exact) mass is 352 g/mol. The molecule has 0 aliphatic heterocycles. The Morgan fingerprint density at radius 3 is 2.04 bits per heavy atom. The summed E-state index contributed by atoms with van der Waals surface area (Å²) in [6.45, 7) is 7.44. The minimum Gasteiger partial charge on any atom is -0.465 e. The second-order valence-corrected chi connectivity index (χ2v) is 10.6. The zero-order chi connectivity index (χ0) is 18.5. The number of ether oxygens (including phenoxy) is 3. The third kappa shape index (κ3) is 4.73. The van der Waals surface area contributed by atoms with Gasteiger partial charge in [0.1, 0.15) is 25.0 Å². The van der Waals surface area contributed by atoms with Crippen molar-refractivity contribution in [2.24, 2.45) is 0 Å². The topological polar surface area (TPSA) is 92.0 Å². The lowest BCUT2D eigenvalue weighted by molar-refractivity contribution is 0.0493. The van der Waals surface area contributed by atoms with E-state index < -0.39 is 31.7 Å². The molecule has 0 bridgehead atoms. The number of esters is 3. The van der Waals surface area contributed by atoms with E-state index in [9.17, 15) is 14.4 Å². The van der Waals surface area contributed by atoms with E-state index in [4.69, 9.17) is 9.15 Å². The summed E-state index contributed by atoms with van der Waals surface area (Å²) in [5.41, 5.74) is 2.56. The average molecular weight is 352 g/mol. The van der Waals surface area contributed by atoms with Crippen LogP contribution in [0.25, 0.3) is 0 Å². The van der Waals surface area contributed by atoms with Crippen LogP contribution >= 0.6 is 0 Å². The number of methoxy groups -OCH3 is 2. The summed E-state index contributed by atoms with van der Waals surface area (Å²) < 4.78 is 19.4. The molecule has 0 aliphatic carbocycles. The van der Waals surface area contributed by atoms with Gasteiger partial charge in [-0.25, -0.2) is 14.4 Å². The Labute approximate surface area is 141 Å². The first-order valence-corrected chi connectivity index (χ1v) is 10.6. The van der Waals surface area contributed by atoms with Crippen LogP contribution in [-0.4, -0.2) is 46.8 Å². The molecule has 0 unspecified atom stereocenters. The summed E-state index contributed by atoms with van der Waals surface area (Å²) in [7, 11) is 0.699. The summed E-state index contributed by atoms with van der Waals surface area (Å²) >= 11 is 0. The van der Waals surface area contributed by atoms with Gasteiger partial charge in [0.25, 0.3) is 0 Å². The molecule has 0 atom stereocenters. The number of hydrogen-bond donors (Lipinski definition) is 0. The Morgan fingerprint density at radius 2 is 1.54 bits per heavy atom. The van der Waals surface area contributed by atoms with Gasteiger partial charge in [-0.05, 0) is 6.92 Å². The molecule has 0 radical (unpaired) electrons. The number of rotatable bonds is 4. The van der Waals surface area contributed by atoms with E-state index in [0.29, 0.717) is 0 Å². The van der Waals surface area contributed by atoms with Crippen LogP contribution in [0.4, 0.5) is 0 Å². The molecule has 1 aromatic heterocycles. The van der Waals surface area contributed by atoms with Gasteiger partial charge in [-0.2, -0.15) is 0 Å². The quantitative estimate of drug-likeness (QED) is 0.355. The fourth-order valence-corrected chi connectivity index (χ4v) is 2.40. The zero-order valence-corrected chi connectivity index (χ0v) is 15.6. The van der Waals surface area contributed by atoms with Crippen LogP contribution in [0.5, 0.6) is 0 Å². The van der Waals surface area contributed by atoms with E-state index in [1.54, 1.807) is 0 Å². The Hall–Kier alpha value is -2.53. The molecule has 0 N–H and O–H groups in total. The maximum atomic E-state index is 12.2. The molecule has 0 amide bonds. The third-order valence-corrected chi connectivity index (χ3v) is 3.71. The van der Waals surface area contributed by atoms with Crippen LogP contribution in [0.15, 0.2) is 4.42 Å². The Bertz CT molecular complexity index is 713. The van der Waals surface area contributed by atoms with Gasteiger partial charge in [0, 0.05) is 0 Å². The van der Waals surface area contributed by atoms with Gasteiger partial charge >= 0.3 is 17.9 Å². The van der Waals surface area contributed by atoms with Crippen molar-refractivity contribution in [3.8, 4) is 11.5 Å². The maximum absolute atomic E-state index is 12.2. The van der Waals surface area contributed by atoms with Crippen molar-refractivity contribution in [2.45, 2.75) is 26.6 Å². The van der Waals surface area contributed by atoms with Gasteiger partial charge in [0.05, 0.1) is 14.2 Å². The van der Waals surface area contributed by atoms with E-state index in [1.165, 1.54) is 6.92 Å². The largest absolute Gasteiger partial charge is 0.465 e. The summed E-state index contributed by atoms with van der Waals surface area (Å²) in [6, 6.07) is 0. The van der Waals surface area contributed by atoms with Crippen LogP contribution in [0.2, 0.25) is 19.6 Å². The first-order valence-electron chi connectivity index (χ1n) is 7.09. The number of carbonyl (C=O) groups excluding carboxylic acids is 3. The molecule has 7 nitrogen and oxygen atoms in total. The molecule has 8 heteroatoms. The van der Waals surface area contributed by atoms with Crippen molar-refractivity contribution in [3.63, 3.8) is 0 Å². The van der Waals surface area contributed by atoms with E-state index in [-0.39, 0.29) is 23.5 Å².